The highest BCUT2D eigenvalue weighted by Gasteiger charge is 2.00. The first-order valence-corrected chi connectivity index (χ1v) is 6.28. The largest absolute Gasteiger partial charge is 0.466 e. The third-order valence-corrected chi connectivity index (χ3v) is 1.32. The summed E-state index contributed by atoms with van der Waals surface area (Å²) in [6.07, 6.45) is 3.08. The molecule has 0 aliphatic rings. The maximum atomic E-state index is 8.88. The van der Waals surface area contributed by atoms with Gasteiger partial charge in [0.2, 0.25) is 0 Å². The van der Waals surface area contributed by atoms with Gasteiger partial charge >= 0.3 is 7.82 Å². The first-order valence-electron chi connectivity index (χ1n) is 4.71. The monoisotopic (exact) mass is 244 g/mol. The quantitative estimate of drug-likeness (QED) is 0.244. The van der Waals surface area contributed by atoms with E-state index in [4.69, 9.17) is 30.1 Å². The second-order valence-corrected chi connectivity index (χ2v) is 3.86. The molecule has 0 aromatic heterocycles. The summed E-state index contributed by atoms with van der Waals surface area (Å²) in [6.45, 7) is 3.00. The smallest absolute Gasteiger partial charge is 0.396 e. The molecule has 15 heavy (non-hydrogen) atoms. The zero-order chi connectivity index (χ0) is 12.2. The van der Waals surface area contributed by atoms with Crippen LogP contribution in [0.4, 0.5) is 0 Å². The predicted octanol–water partition coefficient (Wildman–Crippen LogP) is -1.23. The van der Waals surface area contributed by atoms with E-state index in [2.05, 4.69) is 5.32 Å². The van der Waals surface area contributed by atoms with E-state index in [1.165, 1.54) is 0 Å². The molecule has 0 saturated carbocycles. The highest BCUT2D eigenvalue weighted by atomic mass is 31.2. The van der Waals surface area contributed by atoms with Crippen LogP contribution >= 0.6 is 7.82 Å². The molecular formula is C7H21N2O5P. The lowest BCUT2D eigenvalue weighted by atomic mass is 10.3. The molecule has 0 rings (SSSR count). The Morgan fingerprint density at radius 2 is 1.53 bits per heavy atom. The molecule has 0 heterocycles. The van der Waals surface area contributed by atoms with Crippen LogP contribution in [-0.2, 0) is 4.57 Å². The van der Waals surface area contributed by atoms with Crippen molar-refractivity contribution >= 4 is 7.82 Å². The molecule has 0 amide bonds. The lowest BCUT2D eigenvalue weighted by molar-refractivity contribution is 0.275. The number of hydrogen-bond donors (Lipinski definition) is 6. The van der Waals surface area contributed by atoms with E-state index in [0.29, 0.717) is 0 Å². The summed E-state index contributed by atoms with van der Waals surface area (Å²) in [5, 5.41) is 11.6. The van der Waals surface area contributed by atoms with Crippen molar-refractivity contribution in [3.63, 3.8) is 0 Å². The number of unbranched alkanes of at least 4 members (excludes halogenated alkanes) is 1. The van der Waals surface area contributed by atoms with Crippen LogP contribution in [-0.4, -0.2) is 46.0 Å². The van der Waals surface area contributed by atoms with Crippen molar-refractivity contribution in [3.05, 3.63) is 0 Å². The number of phosphoric acid groups is 1. The SMILES string of the molecule is NCCCCNCCCO.O=P(O)(O)O. The average Bonchev–Trinajstić information content (AvgIpc) is 2.08. The van der Waals surface area contributed by atoms with Crippen molar-refractivity contribution in [2.45, 2.75) is 19.3 Å². The van der Waals surface area contributed by atoms with E-state index >= 15 is 0 Å². The number of aliphatic hydroxyl groups excluding tert-OH is 1. The molecular weight excluding hydrogens is 223 g/mol. The van der Waals surface area contributed by atoms with E-state index in [1.54, 1.807) is 0 Å². The second kappa shape index (κ2) is 12.1. The summed E-state index contributed by atoms with van der Waals surface area (Å²) >= 11 is 0. The van der Waals surface area contributed by atoms with E-state index in [-0.39, 0.29) is 6.61 Å². The maximum absolute atomic E-state index is 8.88. The Bertz CT molecular complexity index is 147. The first-order chi connectivity index (χ1) is 6.91. The zero-order valence-electron chi connectivity index (χ0n) is 8.67. The van der Waals surface area contributed by atoms with Gasteiger partial charge in [0.05, 0.1) is 0 Å². The molecule has 7 nitrogen and oxygen atoms in total. The van der Waals surface area contributed by atoms with Gasteiger partial charge in [-0.15, -0.1) is 0 Å². The standard InChI is InChI=1S/C7H18N2O.H3O4P/c8-4-1-2-5-9-6-3-7-10;1-5(2,3)4/h9-10H,1-8H2;(H3,1,2,3,4). The van der Waals surface area contributed by atoms with Crippen molar-refractivity contribution < 1.29 is 24.4 Å². The average molecular weight is 244 g/mol. The van der Waals surface area contributed by atoms with Crippen molar-refractivity contribution in [3.8, 4) is 0 Å². The minimum absolute atomic E-state index is 0.282. The van der Waals surface area contributed by atoms with Crippen LogP contribution in [0.5, 0.6) is 0 Å². The number of aliphatic hydroxyl groups is 1. The number of hydrogen-bond acceptors (Lipinski definition) is 4. The van der Waals surface area contributed by atoms with Crippen molar-refractivity contribution in [1.82, 2.24) is 5.32 Å². The van der Waals surface area contributed by atoms with Crippen LogP contribution in [0.3, 0.4) is 0 Å². The van der Waals surface area contributed by atoms with Gasteiger partial charge in [0.15, 0.2) is 0 Å². The number of nitrogens with one attached hydrogen (secondary N) is 1. The molecule has 0 atom stereocenters. The fourth-order valence-corrected chi connectivity index (χ4v) is 0.723. The van der Waals surface area contributed by atoms with Crippen LogP contribution in [0, 0.1) is 0 Å². The van der Waals surface area contributed by atoms with Gasteiger partial charge in [-0.05, 0) is 38.9 Å². The topological polar surface area (TPSA) is 136 Å². The van der Waals surface area contributed by atoms with Crippen molar-refractivity contribution in [2.24, 2.45) is 5.73 Å². The summed E-state index contributed by atoms with van der Waals surface area (Å²) in [6, 6.07) is 0. The molecule has 8 heteroatoms. The number of nitrogens with two attached hydrogens (primary N) is 1. The molecule has 0 aromatic carbocycles. The van der Waals surface area contributed by atoms with E-state index in [0.717, 1.165) is 38.9 Å². The van der Waals surface area contributed by atoms with E-state index < -0.39 is 7.82 Å². The fraction of sp³-hybridized carbons (Fsp3) is 1.00. The number of rotatable bonds is 7. The van der Waals surface area contributed by atoms with Gasteiger partial charge in [-0.3, -0.25) is 0 Å². The first kappa shape index (κ1) is 17.4. The lowest BCUT2D eigenvalue weighted by Gasteiger charge is -2.00. The predicted molar refractivity (Wildman–Crippen MR) is 57.1 cm³/mol. The van der Waals surface area contributed by atoms with Gasteiger partial charge in [0.1, 0.15) is 0 Å². The summed E-state index contributed by atoms with van der Waals surface area (Å²) in [5.41, 5.74) is 5.30. The van der Waals surface area contributed by atoms with Crippen LogP contribution in [0.25, 0.3) is 0 Å². The molecule has 0 bridgehead atoms. The molecule has 0 unspecified atom stereocenters. The zero-order valence-corrected chi connectivity index (χ0v) is 9.57. The molecule has 7 N–H and O–H groups in total. The summed E-state index contributed by atoms with van der Waals surface area (Å²) in [4.78, 5) is 21.6. The van der Waals surface area contributed by atoms with Crippen LogP contribution < -0.4 is 11.1 Å². The molecule has 0 aliphatic heterocycles. The van der Waals surface area contributed by atoms with E-state index in [9.17, 15) is 0 Å². The highest BCUT2D eigenvalue weighted by molar-refractivity contribution is 7.45. The van der Waals surface area contributed by atoms with Gasteiger partial charge in [-0.1, -0.05) is 0 Å². The van der Waals surface area contributed by atoms with Crippen LogP contribution in [0.2, 0.25) is 0 Å². The van der Waals surface area contributed by atoms with Crippen molar-refractivity contribution in [2.75, 3.05) is 26.2 Å². The Labute approximate surface area is 89.6 Å². The molecule has 0 fully saturated rings. The third-order valence-electron chi connectivity index (χ3n) is 1.32. The van der Waals surface area contributed by atoms with Crippen LogP contribution in [0.1, 0.15) is 19.3 Å². The lowest BCUT2D eigenvalue weighted by Crippen LogP contribution is -2.18. The minimum Gasteiger partial charge on any atom is -0.396 e. The summed E-state index contributed by atoms with van der Waals surface area (Å²) in [7, 11) is -4.64. The van der Waals surface area contributed by atoms with Gasteiger partial charge in [0, 0.05) is 6.61 Å². The van der Waals surface area contributed by atoms with Gasteiger partial charge in [-0.2, -0.15) is 0 Å². The summed E-state index contributed by atoms with van der Waals surface area (Å²) < 4.78 is 8.88. The molecule has 0 aliphatic carbocycles. The van der Waals surface area contributed by atoms with Gasteiger partial charge < -0.3 is 30.8 Å². The second-order valence-electron chi connectivity index (χ2n) is 2.84. The third kappa shape index (κ3) is 41.2. The normalized spacial score (nSPS) is 10.7. The highest BCUT2D eigenvalue weighted by Crippen LogP contribution is 2.25. The Morgan fingerprint density at radius 1 is 1.07 bits per heavy atom. The molecule has 0 spiro atoms. The Kier molecular flexibility index (Phi) is 14.0. The molecule has 0 radical (unpaired) electrons. The summed E-state index contributed by atoms with van der Waals surface area (Å²) in [5.74, 6) is 0. The van der Waals surface area contributed by atoms with Crippen LogP contribution in [0.15, 0.2) is 0 Å². The molecule has 94 valence electrons. The van der Waals surface area contributed by atoms with Gasteiger partial charge in [0.25, 0.3) is 0 Å². The van der Waals surface area contributed by atoms with Gasteiger partial charge in [-0.25, -0.2) is 4.57 Å². The fourth-order valence-electron chi connectivity index (χ4n) is 0.723. The Morgan fingerprint density at radius 3 is 1.93 bits per heavy atom. The van der Waals surface area contributed by atoms with Crippen molar-refractivity contribution in [1.29, 1.82) is 0 Å². The molecule has 0 saturated heterocycles. The van der Waals surface area contributed by atoms with E-state index in [1.807, 2.05) is 0 Å². The Balaban J connectivity index is 0. The molecule has 0 aromatic rings. The maximum Gasteiger partial charge on any atom is 0.466 e. The Hall–Kier alpha value is -0.0100. The minimum atomic E-state index is -4.64.